The Morgan fingerprint density at radius 2 is 2.08 bits per heavy atom. The van der Waals surface area contributed by atoms with Gasteiger partial charge in [-0.2, -0.15) is 0 Å². The van der Waals surface area contributed by atoms with E-state index in [2.05, 4.69) is 42.1 Å². The summed E-state index contributed by atoms with van der Waals surface area (Å²) in [6.45, 7) is 3.65. The third-order valence-corrected chi connectivity index (χ3v) is 4.91. The molecule has 2 heterocycles. The van der Waals surface area contributed by atoms with Crippen LogP contribution in [0.2, 0.25) is 0 Å². The number of likely N-dealkylation sites (N-methyl/N-ethyl adjacent to an activating group) is 1. The van der Waals surface area contributed by atoms with Gasteiger partial charge in [-0.3, -0.25) is 0 Å². The van der Waals surface area contributed by atoms with Crippen LogP contribution in [0.15, 0.2) is 42.6 Å². The Morgan fingerprint density at radius 3 is 2.83 bits per heavy atom. The average molecular weight is 322 g/mol. The molecule has 0 fully saturated rings. The van der Waals surface area contributed by atoms with Crippen molar-refractivity contribution in [1.29, 1.82) is 0 Å². The molecule has 4 nitrogen and oxygen atoms in total. The summed E-state index contributed by atoms with van der Waals surface area (Å²) in [5.74, 6) is 1.02. The summed E-state index contributed by atoms with van der Waals surface area (Å²) >= 11 is 0. The second-order valence-corrected chi connectivity index (χ2v) is 6.56. The number of aliphatic hydroxyl groups excluding tert-OH is 1. The molecule has 1 unspecified atom stereocenters. The lowest BCUT2D eigenvalue weighted by Crippen LogP contribution is -2.16. The van der Waals surface area contributed by atoms with Gasteiger partial charge < -0.3 is 19.7 Å². The molecule has 0 saturated heterocycles. The molecule has 4 heteroatoms. The molecule has 1 aliphatic rings. The minimum atomic E-state index is 0.158. The van der Waals surface area contributed by atoms with Gasteiger partial charge in [0.1, 0.15) is 12.4 Å². The number of aromatic amines is 1. The zero-order valence-electron chi connectivity index (χ0n) is 14.0. The first-order valence-corrected chi connectivity index (χ1v) is 8.32. The Balaban J connectivity index is 1.79. The summed E-state index contributed by atoms with van der Waals surface area (Å²) in [7, 11) is 2.07. The van der Waals surface area contributed by atoms with Gasteiger partial charge in [0.15, 0.2) is 0 Å². The molecule has 4 rings (SSSR count). The molecule has 3 aromatic rings. The van der Waals surface area contributed by atoms with Gasteiger partial charge in [0, 0.05) is 42.8 Å². The fourth-order valence-corrected chi connectivity index (χ4v) is 3.71. The monoisotopic (exact) mass is 322 g/mol. The van der Waals surface area contributed by atoms with Crippen molar-refractivity contribution in [1.82, 2.24) is 4.98 Å². The fraction of sp³-hybridized carbons (Fsp3) is 0.300. The van der Waals surface area contributed by atoms with Crippen LogP contribution < -0.4 is 9.64 Å². The number of fused-ring (bicyclic) bond motifs is 3. The van der Waals surface area contributed by atoms with Crippen molar-refractivity contribution in [2.24, 2.45) is 0 Å². The van der Waals surface area contributed by atoms with Crippen LogP contribution in [-0.4, -0.2) is 30.3 Å². The van der Waals surface area contributed by atoms with Crippen LogP contribution in [0.5, 0.6) is 5.75 Å². The number of anilines is 1. The van der Waals surface area contributed by atoms with E-state index < -0.39 is 0 Å². The summed E-state index contributed by atoms with van der Waals surface area (Å²) < 4.78 is 6.14. The molecule has 0 amide bonds. The zero-order chi connectivity index (χ0) is 16.7. The Labute approximate surface area is 141 Å². The van der Waals surface area contributed by atoms with Gasteiger partial charge >= 0.3 is 0 Å². The summed E-state index contributed by atoms with van der Waals surface area (Å²) in [5.41, 5.74) is 5.76. The minimum Gasteiger partial charge on any atom is -0.487 e. The number of rotatable bonds is 4. The lowest BCUT2D eigenvalue weighted by atomic mass is 9.96. The largest absolute Gasteiger partial charge is 0.487 e. The maximum Gasteiger partial charge on any atom is 0.145 e. The first-order valence-electron chi connectivity index (χ1n) is 8.32. The standard InChI is InChI=1S/C20H22N2O2/c1-13-9-21-20-17(24-12-14-6-4-3-5-7-14)8-16-19(18(13)20)15(11-23)10-22(16)2/h3-9,15,21,23H,10-12H2,1-2H3. The molecule has 0 saturated carbocycles. The number of hydrogen-bond acceptors (Lipinski definition) is 3. The van der Waals surface area contributed by atoms with Crippen LogP contribution in [0.1, 0.15) is 22.6 Å². The van der Waals surface area contributed by atoms with E-state index in [1.807, 2.05) is 24.4 Å². The molecule has 1 aliphatic heterocycles. The van der Waals surface area contributed by atoms with Gasteiger partial charge in [-0.15, -0.1) is 0 Å². The predicted octanol–water partition coefficient (Wildman–Crippen LogP) is 3.58. The lowest BCUT2D eigenvalue weighted by Gasteiger charge is -2.15. The van der Waals surface area contributed by atoms with Crippen LogP contribution in [0.25, 0.3) is 10.9 Å². The van der Waals surface area contributed by atoms with Gasteiger partial charge in [0.05, 0.1) is 12.1 Å². The molecule has 2 N–H and O–H groups in total. The van der Waals surface area contributed by atoms with Gasteiger partial charge in [0.25, 0.3) is 0 Å². The molecule has 0 bridgehead atoms. The van der Waals surface area contributed by atoms with E-state index >= 15 is 0 Å². The van der Waals surface area contributed by atoms with Crippen LogP contribution in [0.4, 0.5) is 5.69 Å². The molecular formula is C20H22N2O2. The number of ether oxygens (including phenoxy) is 1. The number of aryl methyl sites for hydroxylation is 1. The van der Waals surface area contributed by atoms with E-state index in [9.17, 15) is 5.11 Å². The highest BCUT2D eigenvalue weighted by Crippen LogP contribution is 2.45. The van der Waals surface area contributed by atoms with Crippen LogP contribution >= 0.6 is 0 Å². The third kappa shape index (κ3) is 2.34. The quantitative estimate of drug-likeness (QED) is 0.772. The number of nitrogens with zero attached hydrogens (tertiary/aromatic N) is 1. The average Bonchev–Trinajstić information content (AvgIpc) is 3.14. The van der Waals surface area contributed by atoms with Crippen LogP contribution in [0.3, 0.4) is 0 Å². The highest BCUT2D eigenvalue weighted by molar-refractivity contribution is 5.97. The van der Waals surface area contributed by atoms with Crippen LogP contribution in [-0.2, 0) is 6.61 Å². The minimum absolute atomic E-state index is 0.158. The second kappa shape index (κ2) is 5.87. The van der Waals surface area contributed by atoms with E-state index in [1.165, 1.54) is 16.5 Å². The number of H-pyrrole nitrogens is 1. The van der Waals surface area contributed by atoms with Gasteiger partial charge in [-0.25, -0.2) is 0 Å². The molecule has 2 aromatic carbocycles. The van der Waals surface area contributed by atoms with Gasteiger partial charge in [-0.05, 0) is 23.6 Å². The molecule has 124 valence electrons. The van der Waals surface area contributed by atoms with Gasteiger partial charge in [0.2, 0.25) is 0 Å². The smallest absolute Gasteiger partial charge is 0.145 e. The Hall–Kier alpha value is -2.46. The van der Waals surface area contributed by atoms with Crippen molar-refractivity contribution in [3.63, 3.8) is 0 Å². The maximum absolute atomic E-state index is 9.77. The van der Waals surface area contributed by atoms with E-state index in [-0.39, 0.29) is 12.5 Å². The molecule has 0 radical (unpaired) electrons. The number of benzene rings is 2. The SMILES string of the molecule is Cc1c[nH]c2c(OCc3ccccc3)cc3c(c12)C(CO)CN3C. The van der Waals surface area contributed by atoms with E-state index in [1.54, 1.807) is 0 Å². The molecule has 1 atom stereocenters. The van der Waals surface area contributed by atoms with Crippen molar-refractivity contribution in [3.8, 4) is 5.75 Å². The molecule has 0 aliphatic carbocycles. The Bertz CT molecular complexity index is 870. The van der Waals surface area contributed by atoms with Crippen molar-refractivity contribution in [3.05, 3.63) is 59.3 Å². The Kier molecular flexibility index (Phi) is 3.69. The zero-order valence-corrected chi connectivity index (χ0v) is 14.0. The number of aliphatic hydroxyl groups is 1. The summed E-state index contributed by atoms with van der Waals surface area (Å²) in [6, 6.07) is 12.3. The predicted molar refractivity (Wildman–Crippen MR) is 96.9 cm³/mol. The third-order valence-electron chi connectivity index (χ3n) is 4.91. The summed E-state index contributed by atoms with van der Waals surface area (Å²) in [6.07, 6.45) is 2.02. The highest BCUT2D eigenvalue weighted by atomic mass is 16.5. The normalized spacial score (nSPS) is 16.6. The van der Waals surface area contributed by atoms with Crippen molar-refractivity contribution in [2.75, 3.05) is 25.1 Å². The van der Waals surface area contributed by atoms with E-state index in [4.69, 9.17) is 4.74 Å². The van der Waals surface area contributed by atoms with E-state index in [0.717, 1.165) is 29.1 Å². The highest BCUT2D eigenvalue weighted by Gasteiger charge is 2.30. The first kappa shape index (κ1) is 15.1. The van der Waals surface area contributed by atoms with Crippen molar-refractivity contribution < 1.29 is 9.84 Å². The first-order chi connectivity index (χ1) is 11.7. The fourth-order valence-electron chi connectivity index (χ4n) is 3.71. The van der Waals surface area contributed by atoms with Crippen LogP contribution in [0, 0.1) is 6.92 Å². The van der Waals surface area contributed by atoms with Crippen molar-refractivity contribution in [2.45, 2.75) is 19.4 Å². The molecule has 1 aromatic heterocycles. The molecule has 0 spiro atoms. The summed E-state index contributed by atoms with van der Waals surface area (Å²) in [4.78, 5) is 5.56. The molecular weight excluding hydrogens is 300 g/mol. The lowest BCUT2D eigenvalue weighted by molar-refractivity contribution is 0.271. The van der Waals surface area contributed by atoms with Gasteiger partial charge in [-0.1, -0.05) is 30.3 Å². The number of aromatic nitrogens is 1. The molecule has 24 heavy (non-hydrogen) atoms. The maximum atomic E-state index is 9.77. The van der Waals surface area contributed by atoms with E-state index in [0.29, 0.717) is 6.61 Å². The topological polar surface area (TPSA) is 48.5 Å². The Morgan fingerprint density at radius 1 is 1.29 bits per heavy atom. The second-order valence-electron chi connectivity index (χ2n) is 6.56. The number of nitrogens with one attached hydrogen (secondary N) is 1. The van der Waals surface area contributed by atoms with Crippen molar-refractivity contribution >= 4 is 16.6 Å². The number of hydrogen-bond donors (Lipinski definition) is 2. The summed E-state index contributed by atoms with van der Waals surface area (Å²) in [5, 5.41) is 11.0.